The minimum Gasteiger partial charge on any atom is -0.481 e. The van der Waals surface area contributed by atoms with Crippen LogP contribution >= 0.6 is 0 Å². The summed E-state index contributed by atoms with van der Waals surface area (Å²) in [6.07, 6.45) is 2.22. The highest BCUT2D eigenvalue weighted by atomic mass is 16.4. The van der Waals surface area contributed by atoms with Crippen LogP contribution < -0.4 is 16.4 Å². The highest BCUT2D eigenvalue weighted by molar-refractivity contribution is 5.97. The summed E-state index contributed by atoms with van der Waals surface area (Å²) in [4.78, 5) is 39.7. The van der Waals surface area contributed by atoms with E-state index in [0.717, 1.165) is 10.9 Å². The van der Waals surface area contributed by atoms with Gasteiger partial charge in [0.1, 0.15) is 0 Å². The summed E-state index contributed by atoms with van der Waals surface area (Å²) >= 11 is 0. The first-order valence-corrected chi connectivity index (χ1v) is 9.66. The molecule has 0 unspecified atom stereocenters. The molecule has 0 aliphatic heterocycles. The van der Waals surface area contributed by atoms with Crippen molar-refractivity contribution < 1.29 is 19.5 Å². The Balaban J connectivity index is 2.08. The van der Waals surface area contributed by atoms with Gasteiger partial charge in [-0.15, -0.1) is 0 Å². The van der Waals surface area contributed by atoms with E-state index in [9.17, 15) is 14.4 Å². The third-order valence-electron chi connectivity index (χ3n) is 4.60. The fraction of sp³-hybridized carbons (Fsp3) is 0.429. The quantitative estimate of drug-likeness (QED) is 0.456. The van der Waals surface area contributed by atoms with Gasteiger partial charge in [0.25, 0.3) is 0 Å². The number of pyridine rings is 1. The Labute approximate surface area is 169 Å². The van der Waals surface area contributed by atoms with Crippen LogP contribution in [0.5, 0.6) is 0 Å². The largest absolute Gasteiger partial charge is 0.481 e. The fourth-order valence-electron chi connectivity index (χ4n) is 3.13. The predicted octanol–water partition coefficient (Wildman–Crippen LogP) is 2.14. The maximum absolute atomic E-state index is 12.8. The lowest BCUT2D eigenvalue weighted by Crippen LogP contribution is -2.45. The molecule has 0 bridgehead atoms. The van der Waals surface area contributed by atoms with E-state index in [1.54, 1.807) is 24.4 Å². The van der Waals surface area contributed by atoms with Gasteiger partial charge in [0, 0.05) is 30.2 Å². The molecule has 0 aliphatic carbocycles. The van der Waals surface area contributed by atoms with E-state index >= 15 is 0 Å². The van der Waals surface area contributed by atoms with Crippen molar-refractivity contribution in [2.45, 2.75) is 39.2 Å². The number of carboxylic acid groups (broad SMARTS) is 1. The van der Waals surface area contributed by atoms with Crippen LogP contribution in [0, 0.1) is 11.8 Å². The smallest absolute Gasteiger partial charge is 0.303 e. The van der Waals surface area contributed by atoms with Gasteiger partial charge in [-0.05, 0) is 43.0 Å². The zero-order valence-corrected chi connectivity index (χ0v) is 16.7. The molecule has 0 fully saturated rings. The third kappa shape index (κ3) is 7.15. The molecule has 5 N–H and O–H groups in total. The number of aromatic nitrogens is 1. The molecule has 2 atom stereocenters. The van der Waals surface area contributed by atoms with E-state index in [2.05, 4.69) is 15.6 Å². The van der Waals surface area contributed by atoms with E-state index in [0.29, 0.717) is 12.1 Å². The monoisotopic (exact) mass is 400 g/mol. The zero-order valence-electron chi connectivity index (χ0n) is 16.7. The summed E-state index contributed by atoms with van der Waals surface area (Å²) in [6, 6.07) is 8.29. The molecule has 1 aromatic heterocycles. The molecule has 0 saturated heterocycles. The molecule has 0 radical (unpaired) electrons. The maximum Gasteiger partial charge on any atom is 0.303 e. The Hall–Kier alpha value is -3.00. The minimum absolute atomic E-state index is 0.101. The number of nitrogens with two attached hydrogens (primary N) is 1. The average Bonchev–Trinajstić information content (AvgIpc) is 2.66. The lowest BCUT2D eigenvalue weighted by atomic mass is 9.96. The number of fused-ring (bicyclic) bond motifs is 1. The molecule has 8 heteroatoms. The van der Waals surface area contributed by atoms with Gasteiger partial charge in [-0.3, -0.25) is 19.4 Å². The number of carbonyl (C=O) groups excluding carboxylic acids is 2. The molecule has 0 saturated carbocycles. The molecule has 2 aromatic rings. The lowest BCUT2D eigenvalue weighted by molar-refractivity contribution is -0.137. The first kappa shape index (κ1) is 22.3. The molecular weight excluding hydrogens is 372 g/mol. The molecule has 156 valence electrons. The van der Waals surface area contributed by atoms with E-state index in [4.69, 9.17) is 10.8 Å². The van der Waals surface area contributed by atoms with Crippen LogP contribution in [0.3, 0.4) is 0 Å². The number of rotatable bonds is 11. The second-order valence-electron chi connectivity index (χ2n) is 7.52. The SMILES string of the molecule is CC(C)C[C@@H](CN[C@@H](CCC(=O)O)C(=O)Nc1ccc2ncccc2c1)C(N)=O. The fourth-order valence-corrected chi connectivity index (χ4v) is 3.13. The Morgan fingerprint density at radius 3 is 2.62 bits per heavy atom. The number of carbonyl (C=O) groups is 3. The van der Waals surface area contributed by atoms with Crippen molar-refractivity contribution >= 4 is 34.4 Å². The highest BCUT2D eigenvalue weighted by Gasteiger charge is 2.23. The van der Waals surface area contributed by atoms with Gasteiger partial charge in [0.05, 0.1) is 17.5 Å². The van der Waals surface area contributed by atoms with Gasteiger partial charge in [0.15, 0.2) is 0 Å². The third-order valence-corrected chi connectivity index (χ3v) is 4.60. The number of carboxylic acids is 1. The molecule has 29 heavy (non-hydrogen) atoms. The van der Waals surface area contributed by atoms with Crippen molar-refractivity contribution in [1.29, 1.82) is 0 Å². The van der Waals surface area contributed by atoms with Crippen LogP contribution in [0.4, 0.5) is 5.69 Å². The van der Waals surface area contributed by atoms with Crippen LogP contribution in [0.2, 0.25) is 0 Å². The van der Waals surface area contributed by atoms with Gasteiger partial charge in [0.2, 0.25) is 11.8 Å². The normalized spacial score (nSPS) is 13.2. The Kier molecular flexibility index (Phi) is 8.09. The Morgan fingerprint density at radius 2 is 1.97 bits per heavy atom. The highest BCUT2D eigenvalue weighted by Crippen LogP contribution is 2.18. The van der Waals surface area contributed by atoms with Crippen LogP contribution in [0.25, 0.3) is 10.9 Å². The second-order valence-corrected chi connectivity index (χ2v) is 7.52. The first-order valence-electron chi connectivity index (χ1n) is 9.66. The molecule has 1 aromatic carbocycles. The summed E-state index contributed by atoms with van der Waals surface area (Å²) in [6.45, 7) is 4.19. The Morgan fingerprint density at radius 1 is 1.21 bits per heavy atom. The van der Waals surface area contributed by atoms with Crippen molar-refractivity contribution in [3.8, 4) is 0 Å². The van der Waals surface area contributed by atoms with Gasteiger partial charge < -0.3 is 21.5 Å². The number of benzene rings is 1. The van der Waals surface area contributed by atoms with E-state index in [1.807, 2.05) is 26.0 Å². The van der Waals surface area contributed by atoms with Crippen LogP contribution in [-0.4, -0.2) is 40.5 Å². The summed E-state index contributed by atoms with van der Waals surface area (Å²) in [7, 11) is 0. The van der Waals surface area contributed by atoms with Crippen molar-refractivity contribution in [2.24, 2.45) is 17.6 Å². The van der Waals surface area contributed by atoms with Gasteiger partial charge in [-0.25, -0.2) is 0 Å². The van der Waals surface area contributed by atoms with E-state index in [1.165, 1.54) is 0 Å². The molecule has 8 nitrogen and oxygen atoms in total. The average molecular weight is 400 g/mol. The summed E-state index contributed by atoms with van der Waals surface area (Å²) < 4.78 is 0. The zero-order chi connectivity index (χ0) is 21.4. The molecule has 2 rings (SSSR count). The summed E-state index contributed by atoms with van der Waals surface area (Å²) in [5, 5.41) is 15.7. The number of anilines is 1. The van der Waals surface area contributed by atoms with E-state index in [-0.39, 0.29) is 31.2 Å². The lowest BCUT2D eigenvalue weighted by Gasteiger charge is -2.22. The number of primary amides is 1. The van der Waals surface area contributed by atoms with Crippen molar-refractivity contribution in [2.75, 3.05) is 11.9 Å². The number of amides is 2. The Bertz CT molecular complexity index is 869. The van der Waals surface area contributed by atoms with Crippen molar-refractivity contribution in [3.63, 3.8) is 0 Å². The van der Waals surface area contributed by atoms with Crippen LogP contribution in [0.15, 0.2) is 36.5 Å². The number of nitrogens with zero attached hydrogens (tertiary/aromatic N) is 1. The van der Waals surface area contributed by atoms with Crippen LogP contribution in [-0.2, 0) is 14.4 Å². The maximum atomic E-state index is 12.8. The van der Waals surface area contributed by atoms with Crippen molar-refractivity contribution in [3.05, 3.63) is 36.5 Å². The molecule has 1 heterocycles. The second kappa shape index (κ2) is 10.5. The van der Waals surface area contributed by atoms with Gasteiger partial charge in [-0.1, -0.05) is 19.9 Å². The number of aliphatic carboxylic acids is 1. The summed E-state index contributed by atoms with van der Waals surface area (Å²) in [5.74, 6) is -1.95. The van der Waals surface area contributed by atoms with Crippen molar-refractivity contribution in [1.82, 2.24) is 10.3 Å². The van der Waals surface area contributed by atoms with Crippen LogP contribution in [0.1, 0.15) is 33.1 Å². The molecule has 2 amide bonds. The van der Waals surface area contributed by atoms with Gasteiger partial charge >= 0.3 is 5.97 Å². The number of hydrogen-bond donors (Lipinski definition) is 4. The number of hydrogen-bond acceptors (Lipinski definition) is 5. The molecule has 0 spiro atoms. The number of nitrogens with one attached hydrogen (secondary N) is 2. The molecular formula is C21H28N4O4. The van der Waals surface area contributed by atoms with E-state index < -0.39 is 23.8 Å². The standard InChI is InChI=1S/C21H28N4O4/c1-13(2)10-15(20(22)28)12-24-18(7-8-19(26)27)21(29)25-16-5-6-17-14(11-16)4-3-9-23-17/h3-6,9,11,13,15,18,24H,7-8,10,12H2,1-2H3,(H2,22,28)(H,25,29)(H,26,27)/t15-,18-/m0/s1. The topological polar surface area (TPSA) is 134 Å². The minimum atomic E-state index is -0.991. The first-order chi connectivity index (χ1) is 13.8. The predicted molar refractivity (Wildman–Crippen MR) is 111 cm³/mol. The molecule has 0 aliphatic rings. The summed E-state index contributed by atoms with van der Waals surface area (Å²) in [5.41, 5.74) is 6.86. The van der Waals surface area contributed by atoms with Gasteiger partial charge in [-0.2, -0.15) is 0 Å².